The van der Waals surface area contributed by atoms with E-state index in [4.69, 9.17) is 9.47 Å². The second-order valence-corrected chi connectivity index (χ2v) is 10.8. The normalized spacial score (nSPS) is 21.3. The van der Waals surface area contributed by atoms with Gasteiger partial charge in [0.2, 0.25) is 0 Å². The summed E-state index contributed by atoms with van der Waals surface area (Å²) in [6, 6.07) is 15.9. The fourth-order valence-corrected chi connectivity index (χ4v) is 5.15. The highest BCUT2D eigenvalue weighted by Gasteiger charge is 2.44. The summed E-state index contributed by atoms with van der Waals surface area (Å²) in [6.45, 7) is 13.6. The Labute approximate surface area is 214 Å². The number of nitrogens with zero attached hydrogens (tertiary/aromatic N) is 2. The third-order valence-electron chi connectivity index (χ3n) is 6.97. The highest BCUT2D eigenvalue weighted by Crippen LogP contribution is 2.44. The summed E-state index contributed by atoms with van der Waals surface area (Å²) >= 11 is 0. The van der Waals surface area contributed by atoms with Gasteiger partial charge in [0, 0.05) is 49.6 Å². The predicted octanol–water partition coefficient (Wildman–Crippen LogP) is 6.15. The number of hydrogen-bond donors (Lipinski definition) is 0. The van der Waals surface area contributed by atoms with Gasteiger partial charge in [-0.1, -0.05) is 30.3 Å². The summed E-state index contributed by atoms with van der Waals surface area (Å²) in [5.74, 6) is 0.893. The van der Waals surface area contributed by atoms with Crippen LogP contribution in [0.4, 0.5) is 4.79 Å². The summed E-state index contributed by atoms with van der Waals surface area (Å²) in [6.07, 6.45) is 3.29. The molecule has 2 aliphatic heterocycles. The topological polar surface area (TPSA) is 59.1 Å². The van der Waals surface area contributed by atoms with Crippen LogP contribution in [0.1, 0.15) is 75.9 Å². The maximum Gasteiger partial charge on any atom is 0.410 e. The highest BCUT2D eigenvalue weighted by molar-refractivity contribution is 5.95. The Morgan fingerprint density at radius 3 is 2.36 bits per heavy atom. The fourth-order valence-electron chi connectivity index (χ4n) is 5.15. The largest absolute Gasteiger partial charge is 0.482 e. The van der Waals surface area contributed by atoms with Gasteiger partial charge in [0.1, 0.15) is 17.0 Å². The summed E-state index contributed by atoms with van der Waals surface area (Å²) in [5, 5.41) is 0. The number of fused-ring (bicyclic) bond motifs is 1. The van der Waals surface area contributed by atoms with Gasteiger partial charge in [-0.25, -0.2) is 4.79 Å². The van der Waals surface area contributed by atoms with Gasteiger partial charge in [0.15, 0.2) is 0 Å². The molecule has 0 N–H and O–H groups in total. The Morgan fingerprint density at radius 2 is 1.75 bits per heavy atom. The van der Waals surface area contributed by atoms with Crippen molar-refractivity contribution in [1.82, 2.24) is 9.80 Å². The van der Waals surface area contributed by atoms with Crippen LogP contribution >= 0.6 is 0 Å². The van der Waals surface area contributed by atoms with Crippen molar-refractivity contribution in [2.24, 2.45) is 0 Å². The second kappa shape index (κ2) is 10.00. The number of amides is 2. The van der Waals surface area contributed by atoms with Crippen LogP contribution in [0.15, 0.2) is 54.6 Å². The molecule has 2 heterocycles. The lowest BCUT2D eigenvalue weighted by atomic mass is 9.80. The van der Waals surface area contributed by atoms with E-state index in [0.29, 0.717) is 38.0 Å². The molecule has 36 heavy (non-hydrogen) atoms. The molecule has 0 saturated carbocycles. The number of likely N-dealkylation sites (tertiary alicyclic amines) is 1. The SMILES string of the molecule is CCN(CC)C(=O)c1ccc(C2=CC3(CCN(C(=O)OC(C)(C)C)[C@@H](C)C3)Oc3ccccc32)cc1. The molecule has 0 bridgehead atoms. The van der Waals surface area contributed by atoms with Gasteiger partial charge in [-0.15, -0.1) is 0 Å². The average molecular weight is 491 g/mol. The van der Waals surface area contributed by atoms with Crippen LogP contribution in [-0.4, -0.2) is 58.7 Å². The number of rotatable bonds is 4. The molecule has 1 saturated heterocycles. The van der Waals surface area contributed by atoms with Gasteiger partial charge < -0.3 is 19.3 Å². The van der Waals surface area contributed by atoms with E-state index in [0.717, 1.165) is 22.4 Å². The average Bonchev–Trinajstić information content (AvgIpc) is 2.83. The van der Waals surface area contributed by atoms with Crippen LogP contribution in [0.25, 0.3) is 5.57 Å². The van der Waals surface area contributed by atoms with Gasteiger partial charge in [0.05, 0.1) is 0 Å². The molecule has 2 aromatic carbocycles. The monoisotopic (exact) mass is 490 g/mol. The van der Waals surface area contributed by atoms with Gasteiger partial charge in [0.25, 0.3) is 5.91 Å². The maximum atomic E-state index is 12.8. The predicted molar refractivity (Wildman–Crippen MR) is 142 cm³/mol. The van der Waals surface area contributed by atoms with Crippen LogP contribution in [-0.2, 0) is 4.74 Å². The molecule has 0 radical (unpaired) electrons. The van der Waals surface area contributed by atoms with Crippen molar-refractivity contribution in [3.05, 3.63) is 71.3 Å². The lowest BCUT2D eigenvalue weighted by Crippen LogP contribution is -2.54. The molecular weight excluding hydrogens is 452 g/mol. The lowest BCUT2D eigenvalue weighted by Gasteiger charge is -2.46. The number of hydrogen-bond acceptors (Lipinski definition) is 4. The number of para-hydroxylation sites is 1. The number of benzene rings is 2. The number of carbonyl (C=O) groups excluding carboxylic acids is 2. The molecule has 192 valence electrons. The number of carbonyl (C=O) groups is 2. The minimum atomic E-state index is -0.530. The molecule has 2 amide bonds. The van der Waals surface area contributed by atoms with Crippen molar-refractivity contribution in [2.45, 2.75) is 71.6 Å². The molecule has 2 aromatic rings. The van der Waals surface area contributed by atoms with E-state index in [1.807, 2.05) is 86.9 Å². The summed E-state index contributed by atoms with van der Waals surface area (Å²) < 4.78 is 12.3. The van der Waals surface area contributed by atoms with Crippen molar-refractivity contribution in [3.8, 4) is 5.75 Å². The van der Waals surface area contributed by atoms with Gasteiger partial charge >= 0.3 is 6.09 Å². The van der Waals surface area contributed by atoms with Gasteiger partial charge in [-0.2, -0.15) is 0 Å². The molecule has 1 fully saturated rings. The Balaban J connectivity index is 1.63. The van der Waals surface area contributed by atoms with Crippen molar-refractivity contribution in [2.75, 3.05) is 19.6 Å². The Morgan fingerprint density at radius 1 is 1.08 bits per heavy atom. The van der Waals surface area contributed by atoms with Crippen LogP contribution in [0.2, 0.25) is 0 Å². The molecule has 0 aromatic heterocycles. The van der Waals surface area contributed by atoms with E-state index in [1.165, 1.54) is 0 Å². The third kappa shape index (κ3) is 5.28. The Bertz CT molecular complexity index is 1140. The van der Waals surface area contributed by atoms with E-state index in [9.17, 15) is 9.59 Å². The molecule has 4 rings (SSSR count). The quantitative estimate of drug-likeness (QED) is 0.516. The maximum absolute atomic E-state index is 12.8. The standard InChI is InChI=1S/C30H38N2O4/c1-7-31(8-2)27(33)23-15-13-22(14-16-23)25-20-30(35-26-12-10-9-11-24(25)26)17-18-32(21(3)19-30)28(34)36-29(4,5)6/h9-16,20-21H,7-8,17-19H2,1-6H3/t21-,30?/m0/s1. The zero-order valence-corrected chi connectivity index (χ0v) is 22.3. The minimum Gasteiger partial charge on any atom is -0.482 e. The van der Waals surface area contributed by atoms with Gasteiger partial charge in [-0.3, -0.25) is 4.79 Å². The smallest absolute Gasteiger partial charge is 0.410 e. The summed E-state index contributed by atoms with van der Waals surface area (Å²) in [4.78, 5) is 29.2. The van der Waals surface area contributed by atoms with E-state index in [1.54, 1.807) is 0 Å². The van der Waals surface area contributed by atoms with Crippen molar-refractivity contribution < 1.29 is 19.1 Å². The minimum absolute atomic E-state index is 0.0366. The van der Waals surface area contributed by atoms with E-state index < -0.39 is 11.2 Å². The van der Waals surface area contributed by atoms with Crippen LogP contribution in [0.5, 0.6) is 5.75 Å². The van der Waals surface area contributed by atoms with Crippen LogP contribution in [0.3, 0.4) is 0 Å². The first-order valence-electron chi connectivity index (χ1n) is 13.0. The molecule has 6 heteroatoms. The van der Waals surface area contributed by atoms with Crippen LogP contribution < -0.4 is 4.74 Å². The summed E-state index contributed by atoms with van der Waals surface area (Å²) in [5.41, 5.74) is 2.82. The fraction of sp³-hybridized carbons (Fsp3) is 0.467. The first-order chi connectivity index (χ1) is 17.1. The molecule has 1 spiro atoms. The Hall–Kier alpha value is -3.28. The molecule has 6 nitrogen and oxygen atoms in total. The summed E-state index contributed by atoms with van der Waals surface area (Å²) in [7, 11) is 0. The second-order valence-electron chi connectivity index (χ2n) is 10.8. The zero-order valence-electron chi connectivity index (χ0n) is 22.3. The van der Waals surface area contributed by atoms with Crippen molar-refractivity contribution >= 4 is 17.6 Å². The first-order valence-corrected chi connectivity index (χ1v) is 13.0. The third-order valence-corrected chi connectivity index (χ3v) is 6.97. The molecular formula is C30H38N2O4. The zero-order chi connectivity index (χ0) is 26.1. The van der Waals surface area contributed by atoms with E-state index >= 15 is 0 Å². The molecule has 2 atom stereocenters. The molecule has 1 unspecified atom stereocenters. The number of piperidine rings is 1. The van der Waals surface area contributed by atoms with Crippen molar-refractivity contribution in [1.29, 1.82) is 0 Å². The van der Waals surface area contributed by atoms with Crippen LogP contribution in [0, 0.1) is 0 Å². The number of ether oxygens (including phenoxy) is 2. The van der Waals surface area contributed by atoms with Crippen molar-refractivity contribution in [3.63, 3.8) is 0 Å². The lowest BCUT2D eigenvalue weighted by molar-refractivity contribution is -0.0188. The van der Waals surface area contributed by atoms with E-state index in [2.05, 4.69) is 19.1 Å². The Kier molecular flexibility index (Phi) is 7.17. The molecule has 0 aliphatic carbocycles. The highest BCUT2D eigenvalue weighted by atomic mass is 16.6. The van der Waals surface area contributed by atoms with Gasteiger partial charge in [-0.05, 0) is 77.0 Å². The molecule has 2 aliphatic rings. The van der Waals surface area contributed by atoms with E-state index in [-0.39, 0.29) is 18.0 Å². The first kappa shape index (κ1) is 25.8.